The topological polar surface area (TPSA) is 49.3 Å². The highest BCUT2D eigenvalue weighted by molar-refractivity contribution is 6.35. The van der Waals surface area contributed by atoms with Crippen molar-refractivity contribution in [3.05, 3.63) is 88.4 Å². The van der Waals surface area contributed by atoms with Crippen LogP contribution in [0.4, 0.5) is 5.82 Å². The fourth-order valence-corrected chi connectivity index (χ4v) is 4.43. The summed E-state index contributed by atoms with van der Waals surface area (Å²) in [4.78, 5) is 16.8. The van der Waals surface area contributed by atoms with Crippen LogP contribution in [0, 0.1) is 0 Å². The van der Waals surface area contributed by atoms with Crippen LogP contribution < -0.4 is 4.90 Å². The van der Waals surface area contributed by atoms with Crippen LogP contribution in [0.2, 0.25) is 10.0 Å². The van der Waals surface area contributed by atoms with E-state index < -0.39 is 0 Å². The van der Waals surface area contributed by atoms with Gasteiger partial charge in [-0.3, -0.25) is 4.79 Å². The monoisotopic (exact) mass is 462 g/mol. The largest absolute Gasteiger partial charge is 0.352 e. The van der Waals surface area contributed by atoms with Gasteiger partial charge in [0.2, 0.25) is 0 Å². The van der Waals surface area contributed by atoms with Crippen LogP contribution in [0.25, 0.3) is 22.0 Å². The summed E-state index contributed by atoms with van der Waals surface area (Å²) in [7, 11) is 0. The van der Waals surface area contributed by atoms with Gasteiger partial charge in [0.05, 0.1) is 16.3 Å². The molecule has 1 aliphatic heterocycles. The molecule has 0 bridgehead atoms. The molecule has 160 valence electrons. The van der Waals surface area contributed by atoms with Crippen LogP contribution >= 0.6 is 23.2 Å². The molecule has 2 heterocycles. The summed E-state index contributed by atoms with van der Waals surface area (Å²) >= 11 is 12.2. The average molecular weight is 463 g/mol. The second-order valence-corrected chi connectivity index (χ2v) is 8.55. The Hall–Kier alpha value is -3.15. The van der Waals surface area contributed by atoms with Crippen molar-refractivity contribution in [3.63, 3.8) is 0 Å². The Morgan fingerprint density at radius 3 is 2.38 bits per heavy atom. The summed E-state index contributed by atoms with van der Waals surface area (Å²) in [5, 5.41) is 12.2. The van der Waals surface area contributed by atoms with Crippen molar-refractivity contribution in [1.29, 1.82) is 0 Å². The Kier molecular flexibility index (Phi) is 5.68. The standard InChI is InChI=1S/C25H20Cl2N4O/c26-18-8-9-22(27)21(16-18)25(32)31-14-12-30(13-15-31)24-11-10-23(28-29-24)20-7-3-5-17-4-1-2-6-19(17)20/h1-11,16H,12-15H2. The van der Waals surface area contributed by atoms with Gasteiger partial charge < -0.3 is 9.80 Å². The predicted molar refractivity (Wildman–Crippen MR) is 130 cm³/mol. The quantitative estimate of drug-likeness (QED) is 0.399. The van der Waals surface area contributed by atoms with Gasteiger partial charge in [-0.2, -0.15) is 0 Å². The SMILES string of the molecule is O=C(c1cc(Cl)ccc1Cl)N1CCN(c2ccc(-c3cccc4ccccc34)nn2)CC1. The van der Waals surface area contributed by atoms with Crippen molar-refractivity contribution in [1.82, 2.24) is 15.1 Å². The van der Waals surface area contributed by atoms with Gasteiger partial charge in [-0.1, -0.05) is 65.7 Å². The Labute approximate surface area is 196 Å². The van der Waals surface area contributed by atoms with Gasteiger partial charge in [0.15, 0.2) is 5.82 Å². The normalized spacial score (nSPS) is 14.1. The van der Waals surface area contributed by atoms with Crippen LogP contribution in [0.5, 0.6) is 0 Å². The number of nitrogens with zero attached hydrogens (tertiary/aromatic N) is 4. The number of piperazine rings is 1. The maximum atomic E-state index is 12.9. The number of aromatic nitrogens is 2. The molecule has 0 aliphatic carbocycles. The highest BCUT2D eigenvalue weighted by Gasteiger charge is 2.24. The molecule has 5 nitrogen and oxygen atoms in total. The van der Waals surface area contributed by atoms with Gasteiger partial charge >= 0.3 is 0 Å². The lowest BCUT2D eigenvalue weighted by molar-refractivity contribution is 0.0746. The van der Waals surface area contributed by atoms with Gasteiger partial charge in [-0.05, 0) is 41.1 Å². The Bertz CT molecular complexity index is 1280. The van der Waals surface area contributed by atoms with E-state index in [1.807, 2.05) is 30.3 Å². The second-order valence-electron chi connectivity index (χ2n) is 7.71. The minimum Gasteiger partial charge on any atom is -0.352 e. The summed E-state index contributed by atoms with van der Waals surface area (Å²) in [6.45, 7) is 2.50. The number of carbonyl (C=O) groups excluding carboxylic acids is 1. The smallest absolute Gasteiger partial charge is 0.255 e. The molecule has 5 rings (SSSR count). The Balaban J connectivity index is 1.29. The fraction of sp³-hybridized carbons (Fsp3) is 0.160. The van der Waals surface area contributed by atoms with E-state index in [1.54, 1.807) is 23.1 Å². The zero-order chi connectivity index (χ0) is 22.1. The zero-order valence-corrected chi connectivity index (χ0v) is 18.7. The number of carbonyl (C=O) groups is 1. The summed E-state index contributed by atoms with van der Waals surface area (Å²) in [5.41, 5.74) is 2.35. The lowest BCUT2D eigenvalue weighted by atomic mass is 10.0. The van der Waals surface area contributed by atoms with E-state index in [0.29, 0.717) is 41.8 Å². The van der Waals surface area contributed by atoms with Gasteiger partial charge in [0, 0.05) is 36.8 Å². The van der Waals surface area contributed by atoms with Crippen molar-refractivity contribution in [3.8, 4) is 11.3 Å². The number of fused-ring (bicyclic) bond motifs is 1. The maximum Gasteiger partial charge on any atom is 0.255 e. The van der Waals surface area contributed by atoms with Gasteiger partial charge in [-0.15, -0.1) is 10.2 Å². The van der Waals surface area contributed by atoms with Crippen molar-refractivity contribution in [2.24, 2.45) is 0 Å². The summed E-state index contributed by atoms with van der Waals surface area (Å²) < 4.78 is 0. The van der Waals surface area contributed by atoms with Crippen LogP contribution in [0.3, 0.4) is 0 Å². The molecule has 1 aromatic heterocycles. The van der Waals surface area contributed by atoms with Gasteiger partial charge in [0.1, 0.15) is 0 Å². The molecule has 0 radical (unpaired) electrons. The number of benzene rings is 3. The van der Waals surface area contributed by atoms with Crippen molar-refractivity contribution >= 4 is 45.7 Å². The van der Waals surface area contributed by atoms with Crippen molar-refractivity contribution < 1.29 is 4.79 Å². The highest BCUT2D eigenvalue weighted by atomic mass is 35.5. The number of hydrogen-bond acceptors (Lipinski definition) is 4. The highest BCUT2D eigenvalue weighted by Crippen LogP contribution is 2.28. The Morgan fingerprint density at radius 1 is 0.812 bits per heavy atom. The van der Waals surface area contributed by atoms with E-state index >= 15 is 0 Å². The number of anilines is 1. The van der Waals surface area contributed by atoms with Crippen LogP contribution in [-0.4, -0.2) is 47.2 Å². The Morgan fingerprint density at radius 2 is 1.59 bits per heavy atom. The van der Waals surface area contributed by atoms with E-state index in [1.165, 1.54) is 5.39 Å². The van der Waals surface area contributed by atoms with E-state index in [0.717, 1.165) is 22.5 Å². The van der Waals surface area contributed by atoms with Gasteiger partial charge in [-0.25, -0.2) is 0 Å². The molecule has 1 saturated heterocycles. The third-order valence-corrected chi connectivity index (χ3v) is 6.33. The number of rotatable bonds is 3. The molecular weight excluding hydrogens is 443 g/mol. The number of amides is 1. The lowest BCUT2D eigenvalue weighted by Crippen LogP contribution is -2.49. The van der Waals surface area contributed by atoms with Crippen molar-refractivity contribution in [2.45, 2.75) is 0 Å². The van der Waals surface area contributed by atoms with Crippen LogP contribution in [0.15, 0.2) is 72.8 Å². The molecule has 0 unspecified atom stereocenters. The molecule has 0 spiro atoms. The molecule has 0 atom stereocenters. The second kappa shape index (κ2) is 8.77. The van der Waals surface area contributed by atoms with E-state index in [2.05, 4.69) is 39.4 Å². The molecule has 7 heteroatoms. The molecule has 0 N–H and O–H groups in total. The molecule has 0 saturated carbocycles. The first-order chi connectivity index (χ1) is 15.6. The van der Waals surface area contributed by atoms with Gasteiger partial charge in [0.25, 0.3) is 5.91 Å². The lowest BCUT2D eigenvalue weighted by Gasteiger charge is -2.35. The first kappa shape index (κ1) is 20.7. The molecular formula is C25H20Cl2N4O. The molecule has 1 amide bonds. The van der Waals surface area contributed by atoms with E-state index in [-0.39, 0.29) is 5.91 Å². The molecule has 32 heavy (non-hydrogen) atoms. The fourth-order valence-electron chi connectivity index (χ4n) is 4.06. The van der Waals surface area contributed by atoms with E-state index in [9.17, 15) is 4.79 Å². The zero-order valence-electron chi connectivity index (χ0n) is 17.2. The predicted octanol–water partition coefficient (Wildman–Crippen LogP) is 5.57. The minimum absolute atomic E-state index is 0.102. The minimum atomic E-state index is -0.102. The molecule has 1 fully saturated rings. The third-order valence-electron chi connectivity index (χ3n) is 5.77. The maximum absolute atomic E-state index is 12.9. The number of halogens is 2. The summed E-state index contributed by atoms with van der Waals surface area (Å²) in [5.74, 6) is 0.705. The van der Waals surface area contributed by atoms with Crippen LogP contribution in [0.1, 0.15) is 10.4 Å². The first-order valence-electron chi connectivity index (χ1n) is 10.4. The molecule has 1 aliphatic rings. The van der Waals surface area contributed by atoms with Crippen LogP contribution in [-0.2, 0) is 0 Å². The summed E-state index contributed by atoms with van der Waals surface area (Å²) in [6.07, 6.45) is 0. The summed E-state index contributed by atoms with van der Waals surface area (Å²) in [6, 6.07) is 23.4. The number of hydrogen-bond donors (Lipinski definition) is 0. The molecule has 4 aromatic rings. The van der Waals surface area contributed by atoms with Crippen molar-refractivity contribution in [2.75, 3.05) is 31.1 Å². The first-order valence-corrected chi connectivity index (χ1v) is 11.2. The average Bonchev–Trinajstić information content (AvgIpc) is 2.85. The third kappa shape index (κ3) is 4.01. The van der Waals surface area contributed by atoms with E-state index in [4.69, 9.17) is 23.2 Å². The molecule has 3 aromatic carbocycles.